The number of benzene rings is 2. The Balaban J connectivity index is 1.60. The van der Waals surface area contributed by atoms with Crippen LogP contribution in [0.3, 0.4) is 0 Å². The molecule has 2 amide bonds. The van der Waals surface area contributed by atoms with E-state index in [1.54, 1.807) is 65.9 Å². The number of hydrogen-bond acceptors (Lipinski definition) is 5. The molecule has 0 saturated heterocycles. The zero-order valence-electron chi connectivity index (χ0n) is 17.4. The number of nitrogens with zero attached hydrogens (tertiary/aromatic N) is 2. The van der Waals surface area contributed by atoms with Gasteiger partial charge in [0.25, 0.3) is 11.8 Å². The van der Waals surface area contributed by atoms with Crippen LogP contribution in [0.2, 0.25) is 0 Å². The highest BCUT2D eigenvalue weighted by Crippen LogP contribution is 2.25. The van der Waals surface area contributed by atoms with Crippen molar-refractivity contribution in [3.05, 3.63) is 107 Å². The number of nitrogens with one attached hydrogen (secondary N) is 1. The molecule has 160 valence electrons. The van der Waals surface area contributed by atoms with Gasteiger partial charge in [-0.2, -0.15) is 0 Å². The number of carbonyl (C=O) groups is 2. The molecule has 1 N–H and O–H groups in total. The van der Waals surface area contributed by atoms with Gasteiger partial charge in [-0.3, -0.25) is 14.6 Å². The van der Waals surface area contributed by atoms with Crippen LogP contribution < -0.4 is 15.0 Å². The Kier molecular flexibility index (Phi) is 6.57. The van der Waals surface area contributed by atoms with Crippen molar-refractivity contribution < 1.29 is 14.3 Å². The topological polar surface area (TPSA) is 71.5 Å². The first kappa shape index (κ1) is 21.3. The predicted octanol–water partition coefficient (Wildman–Crippen LogP) is 5.25. The smallest absolute Gasteiger partial charge is 0.258 e. The highest BCUT2D eigenvalue weighted by atomic mass is 32.1. The van der Waals surface area contributed by atoms with Gasteiger partial charge in [0, 0.05) is 34.2 Å². The molecule has 6 nitrogen and oxygen atoms in total. The second-order valence-electron chi connectivity index (χ2n) is 6.95. The highest BCUT2D eigenvalue weighted by Gasteiger charge is 2.19. The molecule has 7 heteroatoms. The van der Waals surface area contributed by atoms with Gasteiger partial charge in [-0.05, 0) is 66.0 Å². The second-order valence-corrected chi connectivity index (χ2v) is 7.98. The van der Waals surface area contributed by atoms with E-state index in [1.165, 1.54) is 6.20 Å². The minimum absolute atomic E-state index is 0.166. The molecular weight excluding hydrogens is 422 g/mol. The van der Waals surface area contributed by atoms with Gasteiger partial charge in [-0.1, -0.05) is 12.1 Å². The van der Waals surface area contributed by atoms with E-state index < -0.39 is 0 Å². The summed E-state index contributed by atoms with van der Waals surface area (Å²) in [4.78, 5) is 32.7. The maximum absolute atomic E-state index is 13.5. The third-order valence-corrected chi connectivity index (χ3v) is 5.68. The van der Waals surface area contributed by atoms with E-state index in [2.05, 4.69) is 10.3 Å². The minimum Gasteiger partial charge on any atom is -0.497 e. The van der Waals surface area contributed by atoms with Crippen LogP contribution in [0.15, 0.2) is 90.6 Å². The molecule has 0 atom stereocenters. The van der Waals surface area contributed by atoms with E-state index in [0.717, 1.165) is 16.3 Å². The monoisotopic (exact) mass is 443 g/mol. The number of rotatable bonds is 7. The number of pyridine rings is 1. The molecule has 32 heavy (non-hydrogen) atoms. The SMILES string of the molecule is COc1ccc(N(Cc2cccs2)C(=O)c2cccc(NC(=O)c3cccnc3)c2)cc1. The van der Waals surface area contributed by atoms with Gasteiger partial charge in [0.15, 0.2) is 0 Å². The van der Waals surface area contributed by atoms with E-state index in [9.17, 15) is 9.59 Å². The fourth-order valence-electron chi connectivity index (χ4n) is 3.19. The lowest BCUT2D eigenvalue weighted by atomic mass is 10.1. The van der Waals surface area contributed by atoms with Gasteiger partial charge in [-0.15, -0.1) is 11.3 Å². The lowest BCUT2D eigenvalue weighted by Gasteiger charge is -2.23. The van der Waals surface area contributed by atoms with E-state index in [-0.39, 0.29) is 11.8 Å². The van der Waals surface area contributed by atoms with Crippen LogP contribution in [0.5, 0.6) is 5.75 Å². The Morgan fingerprint density at radius 2 is 1.81 bits per heavy atom. The van der Waals surface area contributed by atoms with Crippen LogP contribution in [-0.2, 0) is 6.54 Å². The van der Waals surface area contributed by atoms with Gasteiger partial charge >= 0.3 is 0 Å². The molecule has 0 saturated carbocycles. The highest BCUT2D eigenvalue weighted by molar-refractivity contribution is 7.09. The Hall–Kier alpha value is -3.97. The fraction of sp³-hybridized carbons (Fsp3) is 0.0800. The zero-order valence-corrected chi connectivity index (χ0v) is 18.2. The average Bonchev–Trinajstić information content (AvgIpc) is 3.36. The molecule has 2 aromatic carbocycles. The summed E-state index contributed by atoms with van der Waals surface area (Å²) in [6, 6.07) is 21.7. The lowest BCUT2D eigenvalue weighted by molar-refractivity contribution is 0.0983. The quantitative estimate of drug-likeness (QED) is 0.423. The molecule has 0 aliphatic rings. The Labute approximate surface area is 190 Å². The number of amides is 2. The second kappa shape index (κ2) is 9.89. The summed E-state index contributed by atoms with van der Waals surface area (Å²) in [6.07, 6.45) is 3.11. The van der Waals surface area contributed by atoms with Crippen molar-refractivity contribution in [2.75, 3.05) is 17.3 Å². The third-order valence-electron chi connectivity index (χ3n) is 4.81. The number of thiophene rings is 1. The number of methoxy groups -OCH3 is 1. The summed E-state index contributed by atoms with van der Waals surface area (Å²) >= 11 is 1.59. The van der Waals surface area contributed by atoms with Gasteiger partial charge in [-0.25, -0.2) is 0 Å². The van der Waals surface area contributed by atoms with E-state index in [0.29, 0.717) is 23.4 Å². The third kappa shape index (κ3) is 5.01. The van der Waals surface area contributed by atoms with Gasteiger partial charge < -0.3 is 15.0 Å². The molecule has 4 aromatic rings. The Bertz CT molecular complexity index is 1190. The van der Waals surface area contributed by atoms with Crippen molar-refractivity contribution in [1.29, 1.82) is 0 Å². The van der Waals surface area contributed by atoms with E-state index in [4.69, 9.17) is 4.74 Å². The van der Waals surface area contributed by atoms with E-state index >= 15 is 0 Å². The van der Waals surface area contributed by atoms with Crippen LogP contribution >= 0.6 is 11.3 Å². The van der Waals surface area contributed by atoms with Gasteiger partial charge in [0.05, 0.1) is 19.2 Å². The molecule has 0 spiro atoms. The number of aromatic nitrogens is 1. The van der Waals surface area contributed by atoms with Crippen LogP contribution in [0.1, 0.15) is 25.6 Å². The first-order chi connectivity index (χ1) is 15.6. The van der Waals surface area contributed by atoms with Crippen LogP contribution in [0, 0.1) is 0 Å². The Morgan fingerprint density at radius 1 is 1.00 bits per heavy atom. The molecule has 0 radical (unpaired) electrons. The largest absolute Gasteiger partial charge is 0.497 e. The molecule has 0 unspecified atom stereocenters. The van der Waals surface area contributed by atoms with Gasteiger partial charge in [0.1, 0.15) is 5.75 Å². The Morgan fingerprint density at radius 3 is 2.50 bits per heavy atom. The predicted molar refractivity (Wildman–Crippen MR) is 126 cm³/mol. The number of ether oxygens (including phenoxy) is 1. The van der Waals surface area contributed by atoms with Crippen molar-refractivity contribution >= 4 is 34.5 Å². The summed E-state index contributed by atoms with van der Waals surface area (Å²) in [5.74, 6) is 0.270. The minimum atomic E-state index is -0.284. The molecule has 0 fully saturated rings. The summed E-state index contributed by atoms with van der Waals surface area (Å²) in [6.45, 7) is 0.440. The van der Waals surface area contributed by atoms with Crippen molar-refractivity contribution in [2.45, 2.75) is 6.54 Å². The van der Waals surface area contributed by atoms with Crippen molar-refractivity contribution in [1.82, 2.24) is 4.98 Å². The summed E-state index contributed by atoms with van der Waals surface area (Å²) in [5, 5.41) is 4.82. The van der Waals surface area contributed by atoms with E-state index in [1.807, 2.05) is 41.8 Å². The van der Waals surface area contributed by atoms with Gasteiger partial charge in [0.2, 0.25) is 0 Å². The summed E-state index contributed by atoms with van der Waals surface area (Å²) in [5.41, 5.74) is 2.22. The maximum Gasteiger partial charge on any atom is 0.258 e. The number of anilines is 2. The molecule has 0 bridgehead atoms. The lowest BCUT2D eigenvalue weighted by Crippen LogP contribution is -2.30. The zero-order chi connectivity index (χ0) is 22.3. The average molecular weight is 444 g/mol. The maximum atomic E-state index is 13.5. The standard InChI is InChI=1S/C25H21N3O3S/c1-31-22-11-9-21(10-12-22)28(17-23-8-4-14-32-23)25(30)18-5-2-7-20(15-18)27-24(29)19-6-3-13-26-16-19/h2-16H,17H2,1H3,(H,27,29). The molecule has 2 heterocycles. The first-order valence-electron chi connectivity index (χ1n) is 9.94. The number of hydrogen-bond donors (Lipinski definition) is 1. The summed E-state index contributed by atoms with van der Waals surface area (Å²) < 4.78 is 5.24. The fourth-order valence-corrected chi connectivity index (χ4v) is 3.88. The van der Waals surface area contributed by atoms with Crippen LogP contribution in [0.4, 0.5) is 11.4 Å². The van der Waals surface area contributed by atoms with Crippen LogP contribution in [0.25, 0.3) is 0 Å². The first-order valence-corrected chi connectivity index (χ1v) is 10.8. The molecular formula is C25H21N3O3S. The molecule has 0 aliphatic heterocycles. The van der Waals surface area contributed by atoms with Crippen LogP contribution in [-0.4, -0.2) is 23.9 Å². The van der Waals surface area contributed by atoms with Crippen molar-refractivity contribution in [2.24, 2.45) is 0 Å². The van der Waals surface area contributed by atoms with Crippen molar-refractivity contribution in [3.63, 3.8) is 0 Å². The summed E-state index contributed by atoms with van der Waals surface area (Å²) in [7, 11) is 1.61. The molecule has 2 aromatic heterocycles. The molecule has 4 rings (SSSR count). The number of carbonyl (C=O) groups excluding carboxylic acids is 2. The normalized spacial score (nSPS) is 10.4. The molecule has 0 aliphatic carbocycles. The van der Waals surface area contributed by atoms with Crippen molar-refractivity contribution in [3.8, 4) is 5.75 Å².